The van der Waals surface area contributed by atoms with Crippen LogP contribution >= 0.6 is 0 Å². The number of amides is 4. The van der Waals surface area contributed by atoms with Crippen LogP contribution in [0.25, 0.3) is 43.1 Å². The Kier molecular flexibility index (Phi) is 8.06. The van der Waals surface area contributed by atoms with Gasteiger partial charge in [0.25, 0.3) is 33.7 Å². The predicted octanol–water partition coefficient (Wildman–Crippen LogP) is 11.4. The molecule has 14 heteroatoms. The Labute approximate surface area is 351 Å². The summed E-state index contributed by atoms with van der Waals surface area (Å²) in [6, 6.07) is 42.0. The van der Waals surface area contributed by atoms with E-state index in [1.54, 1.807) is 72.8 Å². The van der Waals surface area contributed by atoms with Crippen LogP contribution in [0.1, 0.15) is 41.4 Å². The molecule has 0 atom stereocenters. The van der Waals surface area contributed by atoms with E-state index in [1.807, 2.05) is 54.6 Å². The largest absolute Gasteiger partial charge is 0.294 e. The first-order valence-corrected chi connectivity index (χ1v) is 20.6. The van der Waals surface area contributed by atoms with Crippen LogP contribution in [0.4, 0.5) is 34.1 Å². The maximum Gasteiger partial charge on any atom is 0.294 e. The second-order valence-electron chi connectivity index (χ2n) is 14.8. The quantitative estimate of drug-likeness (QED) is 0.0545. The highest BCUT2D eigenvalue weighted by atomic mass is 32.2. The molecule has 296 valence electrons. The minimum atomic E-state index is -4.42. The Balaban J connectivity index is 0.941. The third kappa shape index (κ3) is 5.62. The van der Waals surface area contributed by atoms with Gasteiger partial charge in [0.2, 0.25) is 0 Å². The smallest absolute Gasteiger partial charge is 0.282 e. The molecule has 0 radical (unpaired) electrons. The molecule has 4 amide bonds. The van der Waals surface area contributed by atoms with E-state index in [0.29, 0.717) is 61.5 Å². The number of azo groups is 2. The zero-order valence-electron chi connectivity index (χ0n) is 31.9. The lowest BCUT2D eigenvalue weighted by atomic mass is 9.82. The summed E-state index contributed by atoms with van der Waals surface area (Å²) >= 11 is 0. The van der Waals surface area contributed by atoms with E-state index in [9.17, 15) is 32.1 Å². The molecule has 11 rings (SSSR count). The van der Waals surface area contributed by atoms with Crippen molar-refractivity contribution >= 4 is 111 Å². The van der Waals surface area contributed by atoms with Crippen LogP contribution in [0.2, 0.25) is 0 Å². The normalized spacial score (nSPS) is 14.3. The number of nitrogens with zero attached hydrogens (tertiary/aromatic N) is 6. The predicted molar refractivity (Wildman–Crippen MR) is 234 cm³/mol. The molecule has 0 spiro atoms. The summed E-state index contributed by atoms with van der Waals surface area (Å²) in [6.45, 7) is 0. The monoisotopic (exact) mass is 830 g/mol. The lowest BCUT2D eigenvalue weighted by molar-refractivity contribution is 0.0877. The minimum Gasteiger partial charge on any atom is -0.282 e. The van der Waals surface area contributed by atoms with Gasteiger partial charge < -0.3 is 0 Å². The Bertz CT molecular complexity index is 3510. The van der Waals surface area contributed by atoms with Gasteiger partial charge in [0, 0.05) is 33.0 Å². The summed E-state index contributed by atoms with van der Waals surface area (Å²) in [5, 5.41) is 22.3. The van der Waals surface area contributed by atoms with E-state index in [2.05, 4.69) is 20.5 Å². The highest BCUT2D eigenvalue weighted by Gasteiger charge is 2.38. The fourth-order valence-corrected chi connectivity index (χ4v) is 9.03. The number of carbonyl (C=O) groups is 4. The molecule has 13 nitrogen and oxygen atoms in total. The van der Waals surface area contributed by atoms with E-state index in [1.165, 1.54) is 29.2 Å². The fourth-order valence-electron chi connectivity index (χ4n) is 8.51. The van der Waals surface area contributed by atoms with Crippen LogP contribution in [0.15, 0.2) is 177 Å². The van der Waals surface area contributed by atoms with Gasteiger partial charge in [-0.05, 0) is 135 Å². The van der Waals surface area contributed by atoms with Gasteiger partial charge in [-0.1, -0.05) is 48.5 Å². The van der Waals surface area contributed by atoms with Crippen molar-refractivity contribution in [2.24, 2.45) is 20.5 Å². The maximum atomic E-state index is 14.3. The van der Waals surface area contributed by atoms with Crippen LogP contribution in [0.5, 0.6) is 0 Å². The van der Waals surface area contributed by atoms with Crippen LogP contribution < -0.4 is 9.80 Å². The molecule has 0 saturated heterocycles. The van der Waals surface area contributed by atoms with Gasteiger partial charge in [-0.25, -0.2) is 9.80 Å². The average molecular weight is 831 g/mol. The molecule has 0 bridgehead atoms. The van der Waals surface area contributed by atoms with Crippen LogP contribution in [0.3, 0.4) is 0 Å². The van der Waals surface area contributed by atoms with Gasteiger partial charge in [-0.3, -0.25) is 23.7 Å². The molecular weight excluding hydrogens is 805 g/mol. The van der Waals surface area contributed by atoms with Gasteiger partial charge in [0.05, 0.1) is 39.0 Å². The molecule has 9 aromatic rings. The first-order valence-electron chi connectivity index (χ1n) is 19.2. The third-order valence-corrected chi connectivity index (χ3v) is 12.1. The molecule has 62 heavy (non-hydrogen) atoms. The summed E-state index contributed by atoms with van der Waals surface area (Å²) in [6.07, 6.45) is 0. The number of carbonyl (C=O) groups excluding carboxylic acids is 4. The molecule has 0 fully saturated rings. The third-order valence-electron chi connectivity index (χ3n) is 11.3. The number of fused-ring (bicyclic) bond motifs is 2. The van der Waals surface area contributed by atoms with E-state index in [-0.39, 0.29) is 10.6 Å². The van der Waals surface area contributed by atoms with Crippen molar-refractivity contribution in [3.8, 4) is 0 Å². The number of benzene rings is 9. The van der Waals surface area contributed by atoms with E-state index < -0.39 is 33.7 Å². The Morgan fingerprint density at radius 2 is 0.726 bits per heavy atom. The number of hydrogen-bond donors (Lipinski definition) is 1. The van der Waals surface area contributed by atoms with E-state index in [0.717, 1.165) is 37.2 Å². The van der Waals surface area contributed by atoms with Gasteiger partial charge in [-0.15, -0.1) is 0 Å². The van der Waals surface area contributed by atoms with Crippen molar-refractivity contribution < 1.29 is 32.1 Å². The van der Waals surface area contributed by atoms with E-state index in [4.69, 9.17) is 0 Å². The molecule has 0 aliphatic carbocycles. The molecule has 9 aromatic carbocycles. The molecule has 2 heterocycles. The molecular formula is C48H26N6O7S. The minimum absolute atomic E-state index is 0.195. The van der Waals surface area contributed by atoms with Crippen LogP contribution in [-0.2, 0) is 10.1 Å². The summed E-state index contributed by atoms with van der Waals surface area (Å²) in [4.78, 5) is 58.9. The highest BCUT2D eigenvalue weighted by Crippen LogP contribution is 2.47. The zero-order valence-corrected chi connectivity index (χ0v) is 32.7. The van der Waals surface area contributed by atoms with E-state index >= 15 is 0 Å². The number of imide groups is 2. The van der Waals surface area contributed by atoms with Crippen molar-refractivity contribution in [3.05, 3.63) is 174 Å². The van der Waals surface area contributed by atoms with Crippen molar-refractivity contribution in [1.82, 2.24) is 0 Å². The average Bonchev–Trinajstić information content (AvgIpc) is 3.29. The van der Waals surface area contributed by atoms with Crippen molar-refractivity contribution in [2.45, 2.75) is 4.90 Å². The van der Waals surface area contributed by atoms with Crippen molar-refractivity contribution in [1.29, 1.82) is 0 Å². The second-order valence-corrected chi connectivity index (χ2v) is 16.2. The van der Waals surface area contributed by atoms with Crippen LogP contribution in [-0.4, -0.2) is 36.6 Å². The van der Waals surface area contributed by atoms with Crippen molar-refractivity contribution in [3.63, 3.8) is 0 Å². The number of hydrogen-bond acceptors (Lipinski definition) is 10. The fraction of sp³-hybridized carbons (Fsp3) is 0. The first kappa shape index (κ1) is 36.7. The van der Waals surface area contributed by atoms with Crippen LogP contribution in [0, 0.1) is 0 Å². The lowest BCUT2D eigenvalue weighted by Gasteiger charge is -2.30. The maximum absolute atomic E-state index is 14.3. The standard InChI is InChI=1S/C48H26N6O7S/c55-45-37-21-17-33-35-19-23-39-44-40(48(58)54(47(39)57)31-15-11-28(12-16-31)51-52-29-7-4-8-32(25-29)62(59,60)61)24-20-36(42(35)44)34-18-22-38(43(37)41(33)34)46(56)53(45)30-13-9-27(10-14-30)50-49-26-5-2-1-3-6-26/h1-25H,(H,59,60,61). The summed E-state index contributed by atoms with van der Waals surface area (Å²) in [5.74, 6) is -1.94. The van der Waals surface area contributed by atoms with Crippen molar-refractivity contribution in [2.75, 3.05) is 9.80 Å². The second kappa shape index (κ2) is 13.6. The number of rotatable bonds is 7. The molecule has 0 saturated carbocycles. The first-order chi connectivity index (χ1) is 30.0. The van der Waals surface area contributed by atoms with Gasteiger partial charge in [-0.2, -0.15) is 28.9 Å². The summed E-state index contributed by atoms with van der Waals surface area (Å²) in [7, 11) is -4.42. The topological polar surface area (TPSA) is 179 Å². The molecule has 1 N–H and O–H groups in total. The Morgan fingerprint density at radius 3 is 1.11 bits per heavy atom. The summed E-state index contributed by atoms with van der Waals surface area (Å²) in [5.41, 5.74) is 3.96. The Hall–Kier alpha value is -8.33. The zero-order chi connectivity index (χ0) is 42.4. The Morgan fingerprint density at radius 1 is 0.371 bits per heavy atom. The molecule has 2 aliphatic rings. The summed E-state index contributed by atoms with van der Waals surface area (Å²) < 4.78 is 32.4. The molecule has 2 aliphatic heterocycles. The molecule has 0 unspecified atom stereocenters. The van der Waals surface area contributed by atoms with Gasteiger partial charge in [0.1, 0.15) is 0 Å². The SMILES string of the molecule is O=C1c2ccc3c4ccc5c6c(ccc(c7ccc(c2c37)C(=O)N1c1ccc(N=Nc2ccccc2)cc1)c64)C(=O)N(c1ccc(N=Nc2cccc(S(=O)(=O)O)c2)cc1)C5=O. The van der Waals surface area contributed by atoms with Gasteiger partial charge in [0.15, 0.2) is 0 Å². The van der Waals surface area contributed by atoms with Gasteiger partial charge >= 0.3 is 0 Å². The highest BCUT2D eigenvalue weighted by molar-refractivity contribution is 7.85. The number of anilines is 2. The lowest BCUT2D eigenvalue weighted by Crippen LogP contribution is -2.40. The molecule has 0 aromatic heterocycles.